The smallest absolute Gasteiger partial charge is 0.332 e. The molecule has 268 valence electrons. The van der Waals surface area contributed by atoms with Gasteiger partial charge in [-0.2, -0.15) is 0 Å². The summed E-state index contributed by atoms with van der Waals surface area (Å²) in [6.45, 7) is 7.40. The predicted molar refractivity (Wildman–Crippen MR) is 198 cm³/mol. The SMILES string of the molecule is CCCCCCCCCCCCCCCCCC(=O)O.Cn1c(=O)c2c(ncn2CCN2CCN(c3ccccc3Cl)CC2)n(C)c1=O. The molecule has 1 aliphatic rings. The molecule has 10 nitrogen and oxygen atoms in total. The number of unbranched alkanes of at least 4 members (excludes halogenated alkanes) is 14. The zero-order valence-corrected chi connectivity index (χ0v) is 30.4. The molecule has 0 bridgehead atoms. The second-order valence-electron chi connectivity index (χ2n) is 13.2. The van der Waals surface area contributed by atoms with E-state index in [1.165, 1.54) is 95.1 Å². The molecular formula is C37H59ClN6O4. The van der Waals surface area contributed by atoms with Crippen LogP contribution >= 0.6 is 11.6 Å². The Bertz CT molecular complexity index is 1490. The summed E-state index contributed by atoms with van der Waals surface area (Å²) in [5.74, 6) is -0.653. The van der Waals surface area contributed by atoms with Crippen LogP contribution in [0, 0.1) is 0 Å². The van der Waals surface area contributed by atoms with E-state index in [1.54, 1.807) is 13.4 Å². The van der Waals surface area contributed by atoms with Crippen molar-refractivity contribution >= 4 is 34.4 Å². The van der Waals surface area contributed by atoms with Gasteiger partial charge < -0.3 is 14.6 Å². The van der Waals surface area contributed by atoms with Gasteiger partial charge in [-0.25, -0.2) is 9.78 Å². The average Bonchev–Trinajstić information content (AvgIpc) is 3.52. The van der Waals surface area contributed by atoms with Gasteiger partial charge in [0, 0.05) is 59.8 Å². The first-order valence-electron chi connectivity index (χ1n) is 18.3. The van der Waals surface area contributed by atoms with Gasteiger partial charge in [-0.05, 0) is 18.6 Å². The van der Waals surface area contributed by atoms with Crippen LogP contribution in [-0.4, -0.2) is 67.4 Å². The Morgan fingerprint density at radius 1 is 0.771 bits per heavy atom. The van der Waals surface area contributed by atoms with Crippen molar-refractivity contribution in [3.8, 4) is 0 Å². The van der Waals surface area contributed by atoms with Crippen LogP contribution in [0.25, 0.3) is 11.2 Å². The van der Waals surface area contributed by atoms with E-state index in [4.69, 9.17) is 16.7 Å². The van der Waals surface area contributed by atoms with E-state index in [0.717, 1.165) is 60.8 Å². The molecule has 1 fully saturated rings. The summed E-state index contributed by atoms with van der Waals surface area (Å²) in [4.78, 5) is 43.8. The van der Waals surface area contributed by atoms with E-state index in [2.05, 4.69) is 27.8 Å². The van der Waals surface area contributed by atoms with Crippen LogP contribution in [0.1, 0.15) is 110 Å². The Kier molecular flexibility index (Phi) is 17.8. The number of fused-ring (bicyclic) bond motifs is 1. The number of aliphatic carboxylic acids is 1. The summed E-state index contributed by atoms with van der Waals surface area (Å²) < 4.78 is 4.38. The van der Waals surface area contributed by atoms with E-state index in [0.29, 0.717) is 24.1 Å². The third-order valence-electron chi connectivity index (χ3n) is 9.43. The molecule has 0 unspecified atom stereocenters. The van der Waals surface area contributed by atoms with Crippen LogP contribution in [0.3, 0.4) is 0 Å². The molecule has 0 amide bonds. The number of hydrogen-bond donors (Lipinski definition) is 1. The van der Waals surface area contributed by atoms with Crippen molar-refractivity contribution in [2.45, 2.75) is 116 Å². The first kappa shape index (κ1) is 39.3. The largest absolute Gasteiger partial charge is 0.481 e. The van der Waals surface area contributed by atoms with Crippen LogP contribution in [0.4, 0.5) is 5.69 Å². The molecular weight excluding hydrogens is 628 g/mol. The van der Waals surface area contributed by atoms with Crippen molar-refractivity contribution in [2.75, 3.05) is 37.6 Å². The van der Waals surface area contributed by atoms with Gasteiger partial charge in [0.2, 0.25) is 0 Å². The molecule has 1 aromatic carbocycles. The Morgan fingerprint density at radius 2 is 1.31 bits per heavy atom. The van der Waals surface area contributed by atoms with Gasteiger partial charge in [-0.15, -0.1) is 0 Å². The summed E-state index contributed by atoms with van der Waals surface area (Å²) in [6, 6.07) is 7.92. The average molecular weight is 687 g/mol. The second-order valence-corrected chi connectivity index (χ2v) is 13.6. The summed E-state index contributed by atoms with van der Waals surface area (Å²) in [7, 11) is 3.13. The van der Waals surface area contributed by atoms with Crippen LogP contribution < -0.4 is 16.1 Å². The molecule has 0 spiro atoms. The minimum absolute atomic E-state index is 0.306. The van der Waals surface area contributed by atoms with E-state index < -0.39 is 5.97 Å². The maximum Gasteiger partial charge on any atom is 0.332 e. The molecule has 1 aliphatic heterocycles. The monoisotopic (exact) mass is 686 g/mol. The minimum atomic E-state index is -0.653. The number of carboxylic acid groups (broad SMARTS) is 1. The summed E-state index contributed by atoms with van der Waals surface area (Å²) in [6.07, 6.45) is 21.8. The molecule has 0 saturated carbocycles. The van der Waals surface area contributed by atoms with Gasteiger partial charge >= 0.3 is 11.7 Å². The number of halogens is 1. The van der Waals surface area contributed by atoms with Crippen LogP contribution in [0.15, 0.2) is 40.2 Å². The van der Waals surface area contributed by atoms with Crippen LogP contribution in [0.2, 0.25) is 5.02 Å². The standard InChI is InChI=1S/C19H23ClN6O2.C18H36O2/c1-22-17-16(18(27)23(2)19(22)28)26(13-21-17)12-9-24-7-10-25(11-8-24)15-6-4-3-5-14(15)20;1-2-3-4-5-6-7-8-9-10-11-12-13-14-15-16-17-18(19)20/h3-6,13H,7-12H2,1-2H3;2-17H2,1H3,(H,19,20). The van der Waals surface area contributed by atoms with E-state index >= 15 is 0 Å². The van der Waals surface area contributed by atoms with Gasteiger partial charge in [-0.1, -0.05) is 121 Å². The highest BCUT2D eigenvalue weighted by Crippen LogP contribution is 2.26. The number of carboxylic acids is 1. The summed E-state index contributed by atoms with van der Waals surface area (Å²) >= 11 is 6.31. The molecule has 2 aromatic heterocycles. The summed E-state index contributed by atoms with van der Waals surface area (Å²) in [5, 5.41) is 9.30. The van der Waals surface area contributed by atoms with E-state index in [-0.39, 0.29) is 11.2 Å². The van der Waals surface area contributed by atoms with E-state index in [1.807, 2.05) is 22.8 Å². The number of imidazole rings is 1. The number of nitrogens with zero attached hydrogens (tertiary/aromatic N) is 6. The Hall–Kier alpha value is -3.11. The highest BCUT2D eigenvalue weighted by atomic mass is 35.5. The molecule has 48 heavy (non-hydrogen) atoms. The van der Waals surface area contributed by atoms with Crippen molar-refractivity contribution in [3.05, 3.63) is 56.5 Å². The molecule has 0 radical (unpaired) electrons. The lowest BCUT2D eigenvalue weighted by atomic mass is 10.0. The maximum absolute atomic E-state index is 12.5. The van der Waals surface area contributed by atoms with Crippen molar-refractivity contribution in [3.63, 3.8) is 0 Å². The van der Waals surface area contributed by atoms with Gasteiger partial charge in [0.1, 0.15) is 0 Å². The molecule has 0 aliphatic carbocycles. The zero-order chi connectivity index (χ0) is 34.7. The third kappa shape index (κ3) is 12.7. The number of hydrogen-bond acceptors (Lipinski definition) is 6. The molecule has 0 atom stereocenters. The van der Waals surface area contributed by atoms with Crippen molar-refractivity contribution < 1.29 is 9.90 Å². The fourth-order valence-electron chi connectivity index (χ4n) is 6.38. The fourth-order valence-corrected chi connectivity index (χ4v) is 6.64. The molecule has 3 heterocycles. The minimum Gasteiger partial charge on any atom is -0.481 e. The number of carbonyl (C=O) groups is 1. The van der Waals surface area contributed by atoms with Crippen molar-refractivity contribution in [1.29, 1.82) is 0 Å². The summed E-state index contributed by atoms with van der Waals surface area (Å²) in [5.41, 5.74) is 1.31. The number of rotatable bonds is 20. The van der Waals surface area contributed by atoms with Gasteiger partial charge in [-0.3, -0.25) is 23.6 Å². The van der Waals surface area contributed by atoms with Crippen LogP contribution in [0.5, 0.6) is 0 Å². The van der Waals surface area contributed by atoms with Gasteiger partial charge in [0.05, 0.1) is 17.0 Å². The first-order valence-corrected chi connectivity index (χ1v) is 18.7. The Balaban J connectivity index is 0.000000279. The fraction of sp³-hybridized carbons (Fsp3) is 0.676. The van der Waals surface area contributed by atoms with Gasteiger partial charge in [0.25, 0.3) is 5.56 Å². The molecule has 1 saturated heterocycles. The predicted octanol–water partition coefficient (Wildman–Crippen LogP) is 7.24. The lowest BCUT2D eigenvalue weighted by molar-refractivity contribution is -0.137. The third-order valence-corrected chi connectivity index (χ3v) is 9.75. The molecule has 11 heteroatoms. The second kappa shape index (κ2) is 21.8. The number of para-hydroxylation sites is 1. The first-order chi connectivity index (χ1) is 23.2. The lowest BCUT2D eigenvalue weighted by Gasteiger charge is -2.36. The maximum atomic E-state index is 12.5. The highest BCUT2D eigenvalue weighted by molar-refractivity contribution is 6.33. The lowest BCUT2D eigenvalue weighted by Crippen LogP contribution is -2.47. The highest BCUT2D eigenvalue weighted by Gasteiger charge is 2.20. The number of piperazine rings is 1. The van der Waals surface area contributed by atoms with E-state index in [9.17, 15) is 14.4 Å². The number of aromatic nitrogens is 4. The molecule has 3 aromatic rings. The molecule has 4 rings (SSSR count). The Labute approximate surface area is 291 Å². The Morgan fingerprint density at radius 3 is 1.85 bits per heavy atom. The topological polar surface area (TPSA) is 106 Å². The number of anilines is 1. The normalized spacial score (nSPS) is 13.5. The van der Waals surface area contributed by atoms with Crippen molar-refractivity contribution in [1.82, 2.24) is 23.6 Å². The van der Waals surface area contributed by atoms with Crippen LogP contribution in [-0.2, 0) is 25.4 Å². The number of benzene rings is 1. The zero-order valence-electron chi connectivity index (χ0n) is 29.7. The van der Waals surface area contributed by atoms with Gasteiger partial charge in [0.15, 0.2) is 11.2 Å². The number of aryl methyl sites for hydroxylation is 1. The quantitative estimate of drug-likeness (QED) is 0.125. The van der Waals surface area contributed by atoms with Crippen molar-refractivity contribution in [2.24, 2.45) is 14.1 Å². The molecule has 1 N–H and O–H groups in total.